The third kappa shape index (κ3) is 4.67. The van der Waals surface area contributed by atoms with E-state index >= 15 is 0 Å². The van der Waals surface area contributed by atoms with Crippen LogP contribution in [0.15, 0.2) is 60.7 Å². The maximum Gasteiger partial charge on any atom is 0.409 e. The fraction of sp³-hybridized carbons (Fsp3) is 0.417. The lowest BCUT2D eigenvalue weighted by atomic mass is 9.72. The summed E-state index contributed by atoms with van der Waals surface area (Å²) < 4.78 is 5.48. The molecule has 0 atom stereocenters. The van der Waals surface area contributed by atoms with E-state index in [4.69, 9.17) is 17.0 Å². The van der Waals surface area contributed by atoms with Crippen molar-refractivity contribution in [2.75, 3.05) is 39.3 Å². The zero-order valence-electron chi connectivity index (χ0n) is 17.6. The number of ether oxygens (including phenoxy) is 1. The molecule has 2 saturated heterocycles. The Hall–Kier alpha value is -2.64. The number of hydrogen-bond acceptors (Lipinski definition) is 4. The van der Waals surface area contributed by atoms with Crippen LogP contribution in [0, 0.1) is 5.92 Å². The van der Waals surface area contributed by atoms with Gasteiger partial charge < -0.3 is 25.0 Å². The number of aliphatic hydroxyl groups is 1. The number of hydrogen-bond donors (Lipinski definition) is 2. The molecule has 2 aromatic carbocycles. The largest absolute Gasteiger partial charge is 0.448 e. The van der Waals surface area contributed by atoms with E-state index in [1.165, 1.54) is 0 Å². The average Bonchev–Trinajstić information content (AvgIpc) is 3.24. The van der Waals surface area contributed by atoms with Gasteiger partial charge in [0.1, 0.15) is 12.2 Å². The fourth-order valence-corrected chi connectivity index (χ4v) is 4.85. The van der Waals surface area contributed by atoms with Gasteiger partial charge in [0, 0.05) is 26.2 Å². The molecule has 31 heavy (non-hydrogen) atoms. The Bertz CT molecular complexity index is 846. The number of amides is 1. The van der Waals surface area contributed by atoms with Gasteiger partial charge in [-0.05, 0) is 42.1 Å². The first kappa shape index (κ1) is 21.6. The molecule has 4 rings (SSSR count). The van der Waals surface area contributed by atoms with Crippen molar-refractivity contribution < 1.29 is 14.6 Å². The minimum Gasteiger partial charge on any atom is -0.448 e. The van der Waals surface area contributed by atoms with E-state index < -0.39 is 5.60 Å². The smallest absolute Gasteiger partial charge is 0.409 e. The number of carbonyl (C=O) groups excluding carboxylic acids is 1. The summed E-state index contributed by atoms with van der Waals surface area (Å²) >= 11 is 5.21. The summed E-state index contributed by atoms with van der Waals surface area (Å²) in [6, 6.07) is 19.6. The zero-order valence-corrected chi connectivity index (χ0v) is 18.4. The normalized spacial score (nSPS) is 17.5. The third-order valence-corrected chi connectivity index (χ3v) is 6.71. The Morgan fingerprint density at radius 2 is 1.61 bits per heavy atom. The Labute approximate surface area is 188 Å². The van der Waals surface area contributed by atoms with Crippen molar-refractivity contribution in [2.24, 2.45) is 5.92 Å². The minimum atomic E-state index is -1.09. The molecule has 6 nitrogen and oxygen atoms in total. The van der Waals surface area contributed by atoms with Crippen LogP contribution in [-0.2, 0) is 10.3 Å². The summed E-state index contributed by atoms with van der Waals surface area (Å²) in [7, 11) is 0. The molecule has 0 bridgehead atoms. The van der Waals surface area contributed by atoms with Gasteiger partial charge in [-0.15, -0.1) is 0 Å². The molecule has 2 heterocycles. The average molecular weight is 440 g/mol. The monoisotopic (exact) mass is 439 g/mol. The highest BCUT2D eigenvalue weighted by molar-refractivity contribution is 7.80. The number of benzene rings is 2. The van der Waals surface area contributed by atoms with Crippen molar-refractivity contribution in [3.8, 4) is 0 Å². The summed E-state index contributed by atoms with van der Waals surface area (Å²) in [6.07, 6.45) is 1.12. The molecule has 2 aliphatic rings. The SMILES string of the molecule is O=C(OCCN1CCNC1=S)N1CCC(C(O)(c2ccccc2)c2ccccc2)CC1. The van der Waals surface area contributed by atoms with E-state index in [1.807, 2.05) is 65.6 Å². The van der Waals surface area contributed by atoms with Crippen LogP contribution >= 0.6 is 12.2 Å². The fourth-order valence-electron chi connectivity index (χ4n) is 4.56. The summed E-state index contributed by atoms with van der Waals surface area (Å²) in [4.78, 5) is 16.3. The molecule has 2 aliphatic heterocycles. The molecule has 0 saturated carbocycles. The van der Waals surface area contributed by atoms with Crippen molar-refractivity contribution in [3.05, 3.63) is 71.8 Å². The lowest BCUT2D eigenvalue weighted by Crippen LogP contribution is -2.46. The summed E-state index contributed by atoms with van der Waals surface area (Å²) in [5, 5.41) is 15.8. The van der Waals surface area contributed by atoms with Crippen LogP contribution in [0.5, 0.6) is 0 Å². The van der Waals surface area contributed by atoms with E-state index in [1.54, 1.807) is 4.90 Å². The number of nitrogens with zero attached hydrogens (tertiary/aromatic N) is 2. The molecular formula is C24H29N3O3S. The first-order valence-electron chi connectivity index (χ1n) is 10.9. The summed E-state index contributed by atoms with van der Waals surface area (Å²) in [6.45, 7) is 3.74. The predicted molar refractivity (Wildman–Crippen MR) is 124 cm³/mol. The van der Waals surface area contributed by atoms with Gasteiger partial charge in [0.25, 0.3) is 0 Å². The van der Waals surface area contributed by atoms with Crippen LogP contribution in [0.1, 0.15) is 24.0 Å². The van der Waals surface area contributed by atoms with E-state index in [0.717, 1.165) is 29.3 Å². The van der Waals surface area contributed by atoms with Crippen molar-refractivity contribution >= 4 is 23.4 Å². The Kier molecular flexibility index (Phi) is 6.73. The maximum absolute atomic E-state index is 12.5. The molecule has 0 radical (unpaired) electrons. The van der Waals surface area contributed by atoms with Gasteiger partial charge in [0.2, 0.25) is 0 Å². The lowest BCUT2D eigenvalue weighted by Gasteiger charge is -2.42. The van der Waals surface area contributed by atoms with Crippen LogP contribution in [0.3, 0.4) is 0 Å². The molecule has 2 fully saturated rings. The standard InChI is InChI=1S/C24H29N3O3S/c28-23(30-18-17-26-16-13-25-22(26)31)27-14-11-21(12-15-27)24(29,19-7-3-1-4-8-19)20-9-5-2-6-10-20/h1-10,21,29H,11-18H2,(H,25,31). The quantitative estimate of drug-likeness (QED) is 0.675. The van der Waals surface area contributed by atoms with Gasteiger partial charge in [-0.2, -0.15) is 0 Å². The van der Waals surface area contributed by atoms with Crippen molar-refractivity contribution in [2.45, 2.75) is 18.4 Å². The summed E-state index contributed by atoms with van der Waals surface area (Å²) in [5.41, 5.74) is 0.687. The number of thiocarbonyl (C=S) groups is 1. The molecule has 2 N–H and O–H groups in total. The van der Waals surface area contributed by atoms with E-state index in [9.17, 15) is 9.90 Å². The Morgan fingerprint density at radius 3 is 2.13 bits per heavy atom. The van der Waals surface area contributed by atoms with E-state index in [2.05, 4.69) is 5.32 Å². The van der Waals surface area contributed by atoms with Gasteiger partial charge in [0.15, 0.2) is 5.11 Å². The van der Waals surface area contributed by atoms with Gasteiger partial charge in [-0.25, -0.2) is 4.79 Å². The second kappa shape index (κ2) is 9.66. The first-order valence-corrected chi connectivity index (χ1v) is 11.3. The second-order valence-electron chi connectivity index (χ2n) is 8.09. The van der Waals surface area contributed by atoms with Crippen LogP contribution in [-0.4, -0.2) is 65.4 Å². The summed E-state index contributed by atoms with van der Waals surface area (Å²) in [5.74, 6) is 0.00870. The first-order chi connectivity index (χ1) is 15.1. The Morgan fingerprint density at radius 1 is 1.03 bits per heavy atom. The molecule has 2 aromatic rings. The van der Waals surface area contributed by atoms with Crippen molar-refractivity contribution in [3.63, 3.8) is 0 Å². The van der Waals surface area contributed by atoms with E-state index in [-0.39, 0.29) is 12.0 Å². The van der Waals surface area contributed by atoms with Gasteiger partial charge in [0.05, 0.1) is 6.54 Å². The van der Waals surface area contributed by atoms with Crippen LogP contribution in [0.4, 0.5) is 4.79 Å². The van der Waals surface area contributed by atoms with Crippen LogP contribution in [0.25, 0.3) is 0 Å². The predicted octanol–water partition coefficient (Wildman–Crippen LogP) is 2.96. The number of likely N-dealkylation sites (tertiary alicyclic amines) is 1. The third-order valence-electron chi connectivity index (χ3n) is 6.30. The zero-order chi connectivity index (χ0) is 21.7. The number of nitrogens with one attached hydrogen (secondary N) is 1. The molecule has 0 spiro atoms. The molecule has 0 unspecified atom stereocenters. The van der Waals surface area contributed by atoms with Crippen LogP contribution < -0.4 is 5.32 Å². The topological polar surface area (TPSA) is 65.0 Å². The minimum absolute atomic E-state index is 0.00870. The van der Waals surface area contributed by atoms with Gasteiger partial charge >= 0.3 is 6.09 Å². The van der Waals surface area contributed by atoms with Gasteiger partial charge in [-0.3, -0.25) is 0 Å². The highest BCUT2D eigenvalue weighted by Gasteiger charge is 2.42. The second-order valence-corrected chi connectivity index (χ2v) is 8.48. The molecule has 1 amide bonds. The molecule has 7 heteroatoms. The van der Waals surface area contributed by atoms with Gasteiger partial charge in [-0.1, -0.05) is 60.7 Å². The van der Waals surface area contributed by atoms with Crippen molar-refractivity contribution in [1.82, 2.24) is 15.1 Å². The number of rotatable bonds is 6. The highest BCUT2D eigenvalue weighted by Crippen LogP contribution is 2.41. The van der Waals surface area contributed by atoms with E-state index in [0.29, 0.717) is 39.1 Å². The molecule has 164 valence electrons. The molecular weight excluding hydrogens is 410 g/mol. The van der Waals surface area contributed by atoms with Crippen molar-refractivity contribution in [1.29, 1.82) is 0 Å². The lowest BCUT2D eigenvalue weighted by molar-refractivity contribution is -0.0145. The highest BCUT2D eigenvalue weighted by atomic mass is 32.1. The van der Waals surface area contributed by atoms with Crippen LogP contribution in [0.2, 0.25) is 0 Å². The maximum atomic E-state index is 12.5. The molecule has 0 aliphatic carbocycles. The Balaban J connectivity index is 1.38. The molecule has 0 aromatic heterocycles. The number of piperidine rings is 1. The number of carbonyl (C=O) groups is 1.